The molecule has 0 aromatic rings. The highest BCUT2D eigenvalue weighted by Gasteiger charge is 2.53. The van der Waals surface area contributed by atoms with Gasteiger partial charge in [-0.25, -0.2) is 0 Å². The molecule has 0 aromatic heterocycles. The predicted molar refractivity (Wildman–Crippen MR) is 87.6 cm³/mol. The van der Waals surface area contributed by atoms with Gasteiger partial charge in [-0.1, -0.05) is 0 Å². The van der Waals surface area contributed by atoms with Crippen LogP contribution >= 0.6 is 11.8 Å². The zero-order valence-electron chi connectivity index (χ0n) is 13.6. The summed E-state index contributed by atoms with van der Waals surface area (Å²) in [6.45, 7) is 2.19. The molecule has 4 fully saturated rings. The van der Waals surface area contributed by atoms with E-state index in [0.29, 0.717) is 11.2 Å². The van der Waals surface area contributed by atoms with Gasteiger partial charge in [-0.3, -0.25) is 9.59 Å². The lowest BCUT2D eigenvalue weighted by Crippen LogP contribution is -2.56. The van der Waals surface area contributed by atoms with Crippen molar-refractivity contribution in [3.05, 3.63) is 0 Å². The Bertz CT molecular complexity index is 416. The number of methoxy groups -OCH3 is 1. The lowest BCUT2D eigenvalue weighted by atomic mass is 9.48. The average Bonchev–Trinajstić information content (AvgIpc) is 2.45. The van der Waals surface area contributed by atoms with Gasteiger partial charge in [-0.15, -0.1) is 11.8 Å². The third kappa shape index (κ3) is 3.29. The molecule has 5 heteroatoms. The Labute approximate surface area is 137 Å². The van der Waals surface area contributed by atoms with Crippen LogP contribution in [0, 0.1) is 23.2 Å². The van der Waals surface area contributed by atoms with Crippen LogP contribution in [0.25, 0.3) is 0 Å². The van der Waals surface area contributed by atoms with E-state index >= 15 is 0 Å². The van der Waals surface area contributed by atoms with Crippen LogP contribution in [0.2, 0.25) is 0 Å². The molecule has 0 radical (unpaired) electrons. The van der Waals surface area contributed by atoms with Gasteiger partial charge < -0.3 is 10.1 Å². The summed E-state index contributed by atoms with van der Waals surface area (Å²) in [5, 5.41) is 3.22. The van der Waals surface area contributed by atoms with Gasteiger partial charge in [-0.2, -0.15) is 0 Å². The SMILES string of the molecule is COC(=O)CSCC(=O)NC(C)C12CC3CC(CC(C3)C1)C2. The second kappa shape index (κ2) is 6.42. The molecule has 1 unspecified atom stereocenters. The monoisotopic (exact) mass is 325 g/mol. The Morgan fingerprint density at radius 3 is 2.18 bits per heavy atom. The summed E-state index contributed by atoms with van der Waals surface area (Å²) in [4.78, 5) is 23.2. The maximum absolute atomic E-state index is 12.1. The van der Waals surface area contributed by atoms with Crippen molar-refractivity contribution in [2.45, 2.75) is 51.5 Å². The smallest absolute Gasteiger partial charge is 0.315 e. The lowest BCUT2D eigenvalue weighted by Gasteiger charge is -2.59. The number of thioether (sulfide) groups is 1. The van der Waals surface area contributed by atoms with E-state index in [4.69, 9.17) is 0 Å². The Balaban J connectivity index is 1.50. The number of hydrogen-bond donors (Lipinski definition) is 1. The normalized spacial score (nSPS) is 36.9. The number of nitrogens with one attached hydrogen (secondary N) is 1. The summed E-state index contributed by atoms with van der Waals surface area (Å²) in [6.07, 6.45) is 8.18. The molecule has 0 aromatic carbocycles. The molecule has 0 spiro atoms. The maximum Gasteiger partial charge on any atom is 0.315 e. The molecule has 1 atom stereocenters. The zero-order chi connectivity index (χ0) is 15.7. The number of carbonyl (C=O) groups is 2. The van der Waals surface area contributed by atoms with Gasteiger partial charge in [0.25, 0.3) is 0 Å². The van der Waals surface area contributed by atoms with E-state index in [1.54, 1.807) is 0 Å². The first kappa shape index (κ1) is 16.2. The zero-order valence-corrected chi connectivity index (χ0v) is 14.4. The van der Waals surface area contributed by atoms with Crippen LogP contribution in [0.15, 0.2) is 0 Å². The molecular weight excluding hydrogens is 298 g/mol. The maximum atomic E-state index is 12.1. The van der Waals surface area contributed by atoms with Crippen LogP contribution in [0.1, 0.15) is 45.4 Å². The van der Waals surface area contributed by atoms with E-state index in [1.807, 2.05) is 0 Å². The molecule has 4 aliphatic rings. The van der Waals surface area contributed by atoms with E-state index < -0.39 is 0 Å². The third-order valence-corrected chi connectivity index (χ3v) is 6.97. The molecule has 4 bridgehead atoms. The number of ether oxygens (including phenoxy) is 1. The standard InChI is InChI=1S/C17H27NO3S/c1-11(18-15(19)9-22-10-16(20)21-2)17-6-12-3-13(7-17)5-14(4-12)8-17/h11-14H,3-10H2,1-2H3,(H,18,19). The van der Waals surface area contributed by atoms with Gasteiger partial charge in [0.05, 0.1) is 18.6 Å². The number of carbonyl (C=O) groups excluding carboxylic acids is 2. The van der Waals surface area contributed by atoms with Gasteiger partial charge in [0, 0.05) is 6.04 Å². The molecule has 22 heavy (non-hydrogen) atoms. The Hall–Kier alpha value is -0.710. The molecule has 1 N–H and O–H groups in total. The van der Waals surface area contributed by atoms with E-state index in [-0.39, 0.29) is 23.7 Å². The summed E-state index contributed by atoms with van der Waals surface area (Å²) < 4.78 is 4.59. The summed E-state index contributed by atoms with van der Waals surface area (Å²) in [5.74, 6) is 3.07. The number of amides is 1. The molecule has 0 heterocycles. The second-order valence-corrected chi connectivity index (χ2v) is 8.62. The molecule has 4 aliphatic carbocycles. The predicted octanol–water partition coefficient (Wildman–Crippen LogP) is 2.61. The average molecular weight is 325 g/mol. The van der Waals surface area contributed by atoms with Crippen molar-refractivity contribution in [2.75, 3.05) is 18.6 Å². The van der Waals surface area contributed by atoms with Gasteiger partial charge >= 0.3 is 5.97 Å². The number of esters is 1. The fourth-order valence-corrected chi connectivity index (χ4v) is 6.09. The quantitative estimate of drug-likeness (QED) is 0.763. The molecule has 4 nitrogen and oxygen atoms in total. The highest BCUT2D eigenvalue weighted by Crippen LogP contribution is 2.61. The summed E-state index contributed by atoms with van der Waals surface area (Å²) in [6, 6.07) is 0.257. The Morgan fingerprint density at radius 2 is 1.68 bits per heavy atom. The van der Waals surface area contributed by atoms with E-state index in [1.165, 1.54) is 57.4 Å². The van der Waals surface area contributed by atoms with Crippen molar-refractivity contribution in [1.29, 1.82) is 0 Å². The molecule has 0 saturated heterocycles. The van der Waals surface area contributed by atoms with Crippen LogP contribution in [0.4, 0.5) is 0 Å². The second-order valence-electron chi connectivity index (χ2n) is 7.64. The van der Waals surface area contributed by atoms with Crippen LogP contribution in [0.3, 0.4) is 0 Å². The summed E-state index contributed by atoms with van der Waals surface area (Å²) >= 11 is 1.33. The molecule has 1 amide bonds. The van der Waals surface area contributed by atoms with Crippen molar-refractivity contribution >= 4 is 23.6 Å². The number of rotatable bonds is 6. The highest BCUT2D eigenvalue weighted by molar-refractivity contribution is 8.00. The van der Waals surface area contributed by atoms with Crippen LogP contribution < -0.4 is 5.32 Å². The minimum absolute atomic E-state index is 0.0529. The third-order valence-electron chi connectivity index (χ3n) is 6.06. The Kier molecular flexibility index (Phi) is 4.72. The molecule has 4 saturated carbocycles. The first-order chi connectivity index (χ1) is 10.5. The van der Waals surface area contributed by atoms with Gasteiger partial charge in [0.2, 0.25) is 5.91 Å². The van der Waals surface area contributed by atoms with E-state index in [2.05, 4.69) is 17.0 Å². The summed E-state index contributed by atoms with van der Waals surface area (Å²) in [7, 11) is 1.37. The van der Waals surface area contributed by atoms with Crippen LogP contribution in [-0.4, -0.2) is 36.5 Å². The van der Waals surface area contributed by atoms with Crippen molar-refractivity contribution in [3.8, 4) is 0 Å². The lowest BCUT2D eigenvalue weighted by molar-refractivity contribution is -0.137. The molecule has 124 valence electrons. The van der Waals surface area contributed by atoms with Crippen molar-refractivity contribution in [1.82, 2.24) is 5.32 Å². The molecule has 4 rings (SSSR count). The van der Waals surface area contributed by atoms with Crippen molar-refractivity contribution < 1.29 is 14.3 Å². The van der Waals surface area contributed by atoms with Gasteiger partial charge in [0.15, 0.2) is 0 Å². The van der Waals surface area contributed by atoms with E-state index in [9.17, 15) is 9.59 Å². The first-order valence-electron chi connectivity index (χ1n) is 8.44. The summed E-state index contributed by atoms with van der Waals surface area (Å²) in [5.41, 5.74) is 0.345. The molecule has 0 aliphatic heterocycles. The van der Waals surface area contributed by atoms with Crippen molar-refractivity contribution in [3.63, 3.8) is 0 Å². The fraction of sp³-hybridized carbons (Fsp3) is 0.882. The van der Waals surface area contributed by atoms with Crippen LogP contribution in [0.5, 0.6) is 0 Å². The minimum Gasteiger partial charge on any atom is -0.468 e. The van der Waals surface area contributed by atoms with Crippen molar-refractivity contribution in [2.24, 2.45) is 23.2 Å². The largest absolute Gasteiger partial charge is 0.468 e. The van der Waals surface area contributed by atoms with E-state index in [0.717, 1.165) is 17.8 Å². The fourth-order valence-electron chi connectivity index (χ4n) is 5.43. The highest BCUT2D eigenvalue weighted by atomic mass is 32.2. The topological polar surface area (TPSA) is 55.4 Å². The molecular formula is C17H27NO3S. The van der Waals surface area contributed by atoms with Gasteiger partial charge in [-0.05, 0) is 68.6 Å². The first-order valence-corrected chi connectivity index (χ1v) is 9.60. The minimum atomic E-state index is -0.271. The van der Waals surface area contributed by atoms with Crippen LogP contribution in [-0.2, 0) is 14.3 Å². The number of hydrogen-bond acceptors (Lipinski definition) is 4. The van der Waals surface area contributed by atoms with Gasteiger partial charge in [0.1, 0.15) is 0 Å². The Morgan fingerprint density at radius 1 is 1.14 bits per heavy atom.